The summed E-state index contributed by atoms with van der Waals surface area (Å²) in [5, 5.41) is 6.06. The molecule has 0 saturated carbocycles. The number of benzene rings is 1. The van der Waals surface area contributed by atoms with E-state index in [4.69, 9.17) is 0 Å². The van der Waals surface area contributed by atoms with Gasteiger partial charge in [-0.15, -0.1) is 0 Å². The molecule has 0 saturated heterocycles. The zero-order valence-electron chi connectivity index (χ0n) is 12.8. The Morgan fingerprint density at radius 3 is 2.77 bits per heavy atom. The Balaban J connectivity index is 2.13. The van der Waals surface area contributed by atoms with Gasteiger partial charge in [-0.3, -0.25) is 9.52 Å². The number of sulfonamides is 1. The Morgan fingerprint density at radius 2 is 2.14 bits per heavy atom. The van der Waals surface area contributed by atoms with Crippen LogP contribution in [0.15, 0.2) is 29.8 Å². The number of carbonyl (C=O) groups excluding carboxylic acids is 1. The first kappa shape index (κ1) is 16.5. The van der Waals surface area contributed by atoms with Crippen LogP contribution in [-0.2, 0) is 10.0 Å². The van der Waals surface area contributed by atoms with E-state index in [1.165, 1.54) is 5.57 Å². The van der Waals surface area contributed by atoms with Crippen molar-refractivity contribution in [3.63, 3.8) is 0 Å². The van der Waals surface area contributed by atoms with Crippen LogP contribution in [0.2, 0.25) is 0 Å². The average molecular weight is 323 g/mol. The zero-order valence-corrected chi connectivity index (χ0v) is 13.6. The van der Waals surface area contributed by atoms with Crippen molar-refractivity contribution in [2.75, 3.05) is 30.6 Å². The minimum absolute atomic E-state index is 0.283. The molecule has 0 aliphatic carbocycles. The van der Waals surface area contributed by atoms with Gasteiger partial charge in [0.25, 0.3) is 5.91 Å². The smallest absolute Gasteiger partial charge is 0.253 e. The van der Waals surface area contributed by atoms with Gasteiger partial charge in [-0.2, -0.15) is 0 Å². The molecule has 0 radical (unpaired) electrons. The van der Waals surface area contributed by atoms with E-state index >= 15 is 0 Å². The van der Waals surface area contributed by atoms with Gasteiger partial charge in [0.15, 0.2) is 0 Å². The quantitative estimate of drug-likeness (QED) is 0.706. The lowest BCUT2D eigenvalue weighted by molar-refractivity contribution is 0.0957. The van der Waals surface area contributed by atoms with E-state index in [0.29, 0.717) is 17.8 Å². The lowest BCUT2D eigenvalue weighted by Crippen LogP contribution is -2.30. The van der Waals surface area contributed by atoms with Crippen molar-refractivity contribution in [2.24, 2.45) is 0 Å². The standard InChI is InChI=1S/C15H21N3O3S/c1-11-3-4-14(18-22(2,20)21)13(9-11)15(19)17-10-12-5-7-16-8-6-12/h3-5,9,16,18H,6-8,10H2,1-2H3,(H,17,19). The summed E-state index contributed by atoms with van der Waals surface area (Å²) in [6.07, 6.45) is 4.03. The second-order valence-corrected chi connectivity index (χ2v) is 7.17. The van der Waals surface area contributed by atoms with E-state index in [-0.39, 0.29) is 5.91 Å². The Bertz CT molecular complexity index is 696. The van der Waals surface area contributed by atoms with Crippen LogP contribution in [0.1, 0.15) is 22.3 Å². The van der Waals surface area contributed by atoms with Crippen LogP contribution in [0, 0.1) is 6.92 Å². The molecule has 0 unspecified atom stereocenters. The van der Waals surface area contributed by atoms with Crippen LogP contribution >= 0.6 is 0 Å². The van der Waals surface area contributed by atoms with Crippen LogP contribution in [0.4, 0.5) is 5.69 Å². The van der Waals surface area contributed by atoms with Gasteiger partial charge >= 0.3 is 0 Å². The first-order valence-corrected chi connectivity index (χ1v) is 8.99. The predicted molar refractivity (Wildman–Crippen MR) is 87.5 cm³/mol. The molecule has 0 spiro atoms. The van der Waals surface area contributed by atoms with E-state index in [0.717, 1.165) is 31.3 Å². The highest BCUT2D eigenvalue weighted by atomic mass is 32.2. The second kappa shape index (κ2) is 6.93. The molecule has 7 heteroatoms. The largest absolute Gasteiger partial charge is 0.348 e. The fourth-order valence-corrected chi connectivity index (χ4v) is 2.83. The fraction of sp³-hybridized carbons (Fsp3) is 0.400. The number of rotatable bonds is 5. The number of carbonyl (C=O) groups is 1. The molecule has 1 aromatic rings. The summed E-state index contributed by atoms with van der Waals surface area (Å²) in [7, 11) is -3.43. The molecule has 6 nitrogen and oxygen atoms in total. The molecule has 120 valence electrons. The maximum Gasteiger partial charge on any atom is 0.253 e. The summed E-state index contributed by atoms with van der Waals surface area (Å²) in [5.41, 5.74) is 2.70. The first-order valence-electron chi connectivity index (χ1n) is 7.10. The molecule has 0 fully saturated rings. The summed E-state index contributed by atoms with van der Waals surface area (Å²) >= 11 is 0. The topological polar surface area (TPSA) is 87.3 Å². The number of nitrogens with one attached hydrogen (secondary N) is 3. The van der Waals surface area contributed by atoms with Crippen molar-refractivity contribution in [3.8, 4) is 0 Å². The lowest BCUT2D eigenvalue weighted by atomic mass is 10.1. The van der Waals surface area contributed by atoms with Crippen molar-refractivity contribution in [2.45, 2.75) is 13.3 Å². The van der Waals surface area contributed by atoms with E-state index in [9.17, 15) is 13.2 Å². The highest BCUT2D eigenvalue weighted by Crippen LogP contribution is 2.18. The van der Waals surface area contributed by atoms with Crippen molar-refractivity contribution in [3.05, 3.63) is 41.0 Å². The molecule has 1 aromatic carbocycles. The van der Waals surface area contributed by atoms with Crippen LogP contribution in [0.5, 0.6) is 0 Å². The molecule has 1 aliphatic heterocycles. The number of anilines is 1. The summed E-state index contributed by atoms with van der Waals surface area (Å²) in [6, 6.07) is 5.05. The predicted octanol–water partition coefficient (Wildman–Crippen LogP) is 1.02. The molecule has 1 amide bonds. The van der Waals surface area contributed by atoms with Gasteiger partial charge in [0, 0.05) is 13.1 Å². The molecule has 3 N–H and O–H groups in total. The SMILES string of the molecule is Cc1ccc(NS(C)(=O)=O)c(C(=O)NCC2=CCNCC2)c1. The normalized spacial score (nSPS) is 15.1. The van der Waals surface area contributed by atoms with Gasteiger partial charge in [-0.05, 0) is 32.0 Å². The summed E-state index contributed by atoms with van der Waals surface area (Å²) in [4.78, 5) is 12.4. The van der Waals surface area contributed by atoms with Gasteiger partial charge < -0.3 is 10.6 Å². The first-order chi connectivity index (χ1) is 10.3. The van der Waals surface area contributed by atoms with Crippen molar-refractivity contribution in [1.82, 2.24) is 10.6 Å². The van der Waals surface area contributed by atoms with Crippen molar-refractivity contribution < 1.29 is 13.2 Å². The number of hydrogen-bond donors (Lipinski definition) is 3. The van der Waals surface area contributed by atoms with Crippen LogP contribution in [0.3, 0.4) is 0 Å². The minimum Gasteiger partial charge on any atom is -0.348 e. The Labute approximate surface area is 131 Å². The maximum atomic E-state index is 12.4. The zero-order chi connectivity index (χ0) is 16.2. The van der Waals surface area contributed by atoms with Crippen LogP contribution < -0.4 is 15.4 Å². The molecule has 2 rings (SSSR count). The molecule has 0 atom stereocenters. The molecule has 1 aliphatic rings. The minimum atomic E-state index is -3.43. The number of amides is 1. The third-order valence-corrected chi connectivity index (χ3v) is 3.94. The van der Waals surface area contributed by atoms with Gasteiger partial charge in [-0.1, -0.05) is 23.3 Å². The van der Waals surface area contributed by atoms with E-state index in [1.54, 1.807) is 18.2 Å². The molecular formula is C15H21N3O3S. The van der Waals surface area contributed by atoms with Crippen molar-refractivity contribution >= 4 is 21.6 Å². The third-order valence-electron chi connectivity index (χ3n) is 3.35. The molecule has 1 heterocycles. The summed E-state index contributed by atoms with van der Waals surface area (Å²) in [6.45, 7) is 4.06. The maximum absolute atomic E-state index is 12.4. The highest BCUT2D eigenvalue weighted by Gasteiger charge is 2.15. The highest BCUT2D eigenvalue weighted by molar-refractivity contribution is 7.92. The third kappa shape index (κ3) is 4.85. The summed E-state index contributed by atoms with van der Waals surface area (Å²) < 4.78 is 25.2. The van der Waals surface area contributed by atoms with Gasteiger partial charge in [0.05, 0.1) is 17.5 Å². The lowest BCUT2D eigenvalue weighted by Gasteiger charge is -2.16. The van der Waals surface area contributed by atoms with Gasteiger partial charge in [0.2, 0.25) is 10.0 Å². The van der Waals surface area contributed by atoms with Gasteiger partial charge in [-0.25, -0.2) is 8.42 Å². The molecular weight excluding hydrogens is 302 g/mol. The molecule has 0 bridgehead atoms. The Morgan fingerprint density at radius 1 is 1.36 bits per heavy atom. The monoisotopic (exact) mass is 323 g/mol. The fourth-order valence-electron chi connectivity index (χ4n) is 2.25. The van der Waals surface area contributed by atoms with E-state index < -0.39 is 10.0 Å². The van der Waals surface area contributed by atoms with E-state index in [1.807, 2.05) is 6.92 Å². The summed E-state index contributed by atoms with van der Waals surface area (Å²) in [5.74, 6) is -0.283. The average Bonchev–Trinajstić information content (AvgIpc) is 2.46. The number of aryl methyl sites for hydroxylation is 1. The van der Waals surface area contributed by atoms with Crippen LogP contribution in [0.25, 0.3) is 0 Å². The number of hydrogen-bond acceptors (Lipinski definition) is 4. The van der Waals surface area contributed by atoms with E-state index in [2.05, 4.69) is 21.4 Å². The Kier molecular flexibility index (Phi) is 5.20. The van der Waals surface area contributed by atoms with Crippen molar-refractivity contribution in [1.29, 1.82) is 0 Å². The molecule has 0 aromatic heterocycles. The van der Waals surface area contributed by atoms with Gasteiger partial charge in [0.1, 0.15) is 0 Å². The second-order valence-electron chi connectivity index (χ2n) is 5.42. The Hall–Kier alpha value is -1.86. The van der Waals surface area contributed by atoms with Crippen LogP contribution in [-0.4, -0.2) is 40.2 Å². The molecule has 22 heavy (non-hydrogen) atoms.